The van der Waals surface area contributed by atoms with Crippen molar-refractivity contribution in [3.63, 3.8) is 0 Å². The van der Waals surface area contributed by atoms with Crippen molar-refractivity contribution >= 4 is 39.9 Å². The molecule has 31 heavy (non-hydrogen) atoms. The summed E-state index contributed by atoms with van der Waals surface area (Å²) < 4.78 is 10.6. The van der Waals surface area contributed by atoms with Gasteiger partial charge in [-0.05, 0) is 42.7 Å². The average molecular weight is 456 g/mol. The van der Waals surface area contributed by atoms with E-state index in [0.717, 1.165) is 22.6 Å². The topological polar surface area (TPSA) is 89.6 Å². The summed E-state index contributed by atoms with van der Waals surface area (Å²) in [6, 6.07) is 12.4. The highest BCUT2D eigenvalue weighted by Crippen LogP contribution is 2.39. The summed E-state index contributed by atoms with van der Waals surface area (Å²) in [5, 5.41) is 6.88. The highest BCUT2D eigenvalue weighted by atomic mass is 35.5. The van der Waals surface area contributed by atoms with E-state index in [0.29, 0.717) is 40.2 Å². The van der Waals surface area contributed by atoms with Crippen LogP contribution in [0.2, 0.25) is 5.02 Å². The molecule has 2 amide bonds. The van der Waals surface area contributed by atoms with Crippen LogP contribution < -0.4 is 20.1 Å². The molecule has 1 aliphatic carbocycles. The number of aromatic nitrogens is 1. The van der Waals surface area contributed by atoms with Crippen LogP contribution in [0, 0.1) is 0 Å². The van der Waals surface area contributed by atoms with E-state index in [9.17, 15) is 9.59 Å². The Balaban J connectivity index is 1.25. The fraction of sp³-hybridized carbons (Fsp3) is 0.227. The lowest BCUT2D eigenvalue weighted by atomic mass is 10.1. The fourth-order valence-corrected chi connectivity index (χ4v) is 4.93. The summed E-state index contributed by atoms with van der Waals surface area (Å²) in [7, 11) is 0. The maximum Gasteiger partial charge on any atom is 0.257 e. The Morgan fingerprint density at radius 1 is 1.16 bits per heavy atom. The molecule has 0 bridgehead atoms. The summed E-state index contributed by atoms with van der Waals surface area (Å²) >= 11 is 7.57. The third kappa shape index (κ3) is 3.96. The van der Waals surface area contributed by atoms with E-state index in [1.54, 1.807) is 24.3 Å². The predicted octanol–water partition coefficient (Wildman–Crippen LogP) is 4.12. The Bertz CT molecular complexity index is 1180. The van der Waals surface area contributed by atoms with Crippen LogP contribution in [0.4, 0.5) is 5.13 Å². The number of anilines is 1. The third-order valence-corrected chi connectivity index (χ3v) is 6.72. The Hall–Kier alpha value is -3.10. The Morgan fingerprint density at radius 3 is 2.87 bits per heavy atom. The van der Waals surface area contributed by atoms with Gasteiger partial charge in [0, 0.05) is 22.0 Å². The third-order valence-electron chi connectivity index (χ3n) is 5.30. The molecule has 2 aliphatic rings. The van der Waals surface area contributed by atoms with Gasteiger partial charge in [0.25, 0.3) is 5.91 Å². The zero-order chi connectivity index (χ0) is 21.4. The lowest BCUT2D eigenvalue weighted by Gasteiger charge is -2.11. The van der Waals surface area contributed by atoms with Gasteiger partial charge in [0.1, 0.15) is 0 Å². The van der Waals surface area contributed by atoms with Crippen LogP contribution in [0.5, 0.6) is 11.5 Å². The molecule has 1 atom stereocenters. The lowest BCUT2D eigenvalue weighted by molar-refractivity contribution is -0.122. The monoisotopic (exact) mass is 455 g/mol. The summed E-state index contributed by atoms with van der Waals surface area (Å²) in [6.45, 7) is 0.516. The van der Waals surface area contributed by atoms with E-state index >= 15 is 0 Å². The maximum absolute atomic E-state index is 12.8. The van der Waals surface area contributed by atoms with Crippen molar-refractivity contribution < 1.29 is 19.1 Å². The van der Waals surface area contributed by atoms with Crippen molar-refractivity contribution in [2.75, 3.05) is 12.1 Å². The summed E-state index contributed by atoms with van der Waals surface area (Å²) in [6.07, 6.45) is 1.47. The minimum atomic E-state index is -0.329. The average Bonchev–Trinajstić information content (AvgIpc) is 3.48. The number of thiazole rings is 1. The molecule has 7 nitrogen and oxygen atoms in total. The van der Waals surface area contributed by atoms with Crippen molar-refractivity contribution in [3.05, 3.63) is 69.2 Å². The minimum absolute atomic E-state index is 0.0855. The smallest absolute Gasteiger partial charge is 0.257 e. The van der Waals surface area contributed by atoms with Crippen LogP contribution in [0.15, 0.2) is 42.5 Å². The number of fused-ring (bicyclic) bond motifs is 2. The summed E-state index contributed by atoms with van der Waals surface area (Å²) in [5.41, 5.74) is 2.06. The zero-order valence-electron chi connectivity index (χ0n) is 16.3. The molecule has 1 aliphatic heterocycles. The van der Waals surface area contributed by atoms with Crippen LogP contribution in [0.3, 0.4) is 0 Å². The molecule has 0 saturated heterocycles. The van der Waals surface area contributed by atoms with Crippen molar-refractivity contribution in [2.24, 2.45) is 0 Å². The quantitative estimate of drug-likeness (QED) is 0.604. The lowest BCUT2D eigenvalue weighted by Crippen LogP contribution is -2.28. The van der Waals surface area contributed by atoms with Crippen molar-refractivity contribution in [2.45, 2.75) is 25.3 Å². The Labute approximate surface area is 187 Å². The maximum atomic E-state index is 12.8. The number of rotatable bonds is 5. The van der Waals surface area contributed by atoms with E-state index in [2.05, 4.69) is 15.6 Å². The normalized spacial score (nSPS) is 16.1. The molecule has 0 saturated carbocycles. The van der Waals surface area contributed by atoms with Gasteiger partial charge >= 0.3 is 0 Å². The van der Waals surface area contributed by atoms with Crippen molar-refractivity contribution in [3.8, 4) is 11.5 Å². The molecule has 3 aromatic rings. The summed E-state index contributed by atoms with van der Waals surface area (Å²) in [4.78, 5) is 30.9. The van der Waals surface area contributed by atoms with Crippen molar-refractivity contribution in [1.82, 2.24) is 10.3 Å². The number of halogens is 1. The molecule has 9 heteroatoms. The number of aryl methyl sites for hydroxylation is 1. The number of hydrogen-bond donors (Lipinski definition) is 2. The van der Waals surface area contributed by atoms with Crippen LogP contribution >= 0.6 is 22.9 Å². The Kier molecular flexibility index (Phi) is 5.25. The SMILES string of the molecule is O=C(Nc1nc2c(s1)CC[C@@H]2C(=O)NCc1ccccc1Cl)c1ccc2c(c1)OCO2. The van der Waals surface area contributed by atoms with Gasteiger partial charge in [0.2, 0.25) is 12.7 Å². The van der Waals surface area contributed by atoms with Gasteiger partial charge in [-0.1, -0.05) is 29.8 Å². The van der Waals surface area contributed by atoms with Gasteiger partial charge < -0.3 is 14.8 Å². The van der Waals surface area contributed by atoms with Crippen molar-refractivity contribution in [1.29, 1.82) is 0 Å². The van der Waals surface area contributed by atoms with Gasteiger partial charge in [-0.15, -0.1) is 11.3 Å². The minimum Gasteiger partial charge on any atom is -0.454 e. The molecule has 158 valence electrons. The zero-order valence-corrected chi connectivity index (χ0v) is 17.9. The van der Waals surface area contributed by atoms with Crippen LogP contribution in [-0.2, 0) is 17.8 Å². The van der Waals surface area contributed by atoms with Crippen LogP contribution in [-0.4, -0.2) is 23.6 Å². The predicted molar refractivity (Wildman–Crippen MR) is 117 cm³/mol. The van der Waals surface area contributed by atoms with Crippen LogP contribution in [0.25, 0.3) is 0 Å². The second-order valence-electron chi connectivity index (χ2n) is 7.25. The molecule has 0 unspecified atom stereocenters. The number of benzene rings is 2. The highest BCUT2D eigenvalue weighted by molar-refractivity contribution is 7.16. The van der Waals surface area contributed by atoms with Gasteiger partial charge in [0.05, 0.1) is 11.6 Å². The Morgan fingerprint density at radius 2 is 2.00 bits per heavy atom. The van der Waals surface area contributed by atoms with E-state index in [-0.39, 0.29) is 24.5 Å². The van der Waals surface area contributed by atoms with E-state index in [4.69, 9.17) is 21.1 Å². The van der Waals surface area contributed by atoms with Gasteiger partial charge in [-0.2, -0.15) is 0 Å². The van der Waals surface area contributed by atoms with Crippen LogP contribution in [0.1, 0.15) is 38.8 Å². The number of carbonyl (C=O) groups is 2. The van der Waals surface area contributed by atoms with E-state index in [1.165, 1.54) is 11.3 Å². The molecule has 5 rings (SSSR count). The number of carbonyl (C=O) groups excluding carboxylic acids is 2. The number of amides is 2. The van der Waals surface area contributed by atoms with Gasteiger partial charge in [0.15, 0.2) is 16.6 Å². The largest absolute Gasteiger partial charge is 0.454 e. The first-order valence-electron chi connectivity index (χ1n) is 9.80. The molecular weight excluding hydrogens is 438 g/mol. The standard InChI is InChI=1S/C22H18ClN3O4S/c23-15-4-2-1-3-13(15)10-24-21(28)14-6-8-18-19(14)25-22(31-18)26-20(27)12-5-7-16-17(9-12)30-11-29-16/h1-5,7,9,14H,6,8,10-11H2,(H,24,28)(H,25,26,27)/t14-/m0/s1. The number of nitrogens with one attached hydrogen (secondary N) is 2. The molecular formula is C22H18ClN3O4S. The van der Waals surface area contributed by atoms with E-state index in [1.807, 2.05) is 18.2 Å². The molecule has 2 aromatic carbocycles. The number of nitrogens with zero attached hydrogens (tertiary/aromatic N) is 1. The molecule has 0 spiro atoms. The summed E-state index contributed by atoms with van der Waals surface area (Å²) in [5.74, 6) is 0.466. The number of ether oxygens (including phenoxy) is 2. The molecule has 2 heterocycles. The second-order valence-corrected chi connectivity index (χ2v) is 8.74. The number of hydrogen-bond acceptors (Lipinski definition) is 6. The first kappa shape index (κ1) is 19.8. The van der Waals surface area contributed by atoms with E-state index < -0.39 is 0 Å². The van der Waals surface area contributed by atoms with Gasteiger partial charge in [-0.25, -0.2) is 4.98 Å². The second kappa shape index (κ2) is 8.20. The first-order chi connectivity index (χ1) is 15.1. The highest BCUT2D eigenvalue weighted by Gasteiger charge is 2.33. The van der Waals surface area contributed by atoms with Gasteiger partial charge in [-0.3, -0.25) is 14.9 Å². The first-order valence-corrected chi connectivity index (χ1v) is 11.0. The fourth-order valence-electron chi connectivity index (χ4n) is 3.69. The molecule has 0 radical (unpaired) electrons. The molecule has 1 aromatic heterocycles. The molecule has 2 N–H and O–H groups in total. The molecule has 0 fully saturated rings.